The molecule has 1 N–H and O–H groups in total. The van der Waals surface area contributed by atoms with Crippen LogP contribution in [0.2, 0.25) is 0 Å². The molecule has 0 aliphatic rings. The average Bonchev–Trinajstić information content (AvgIpc) is 2.09. The highest BCUT2D eigenvalue weighted by molar-refractivity contribution is 14.1. The summed E-state index contributed by atoms with van der Waals surface area (Å²) in [5, 5.41) is 9.56. The maximum atomic E-state index is 9.56. The van der Waals surface area contributed by atoms with Crippen LogP contribution in [0.1, 0.15) is 25.5 Å². The summed E-state index contributed by atoms with van der Waals surface area (Å²) in [6.45, 7) is 2.06. The van der Waals surface area contributed by atoms with Crippen molar-refractivity contribution >= 4 is 22.6 Å². The number of aliphatic hydroxyl groups excluding tert-OH is 1. The molecule has 0 aliphatic heterocycles. The Bertz CT molecular complexity index is 268. The van der Waals surface area contributed by atoms with E-state index >= 15 is 0 Å². The monoisotopic (exact) mass is 292 g/mol. The van der Waals surface area contributed by atoms with Crippen molar-refractivity contribution in [2.45, 2.75) is 32.3 Å². The van der Waals surface area contributed by atoms with Crippen LogP contribution in [0, 0.1) is 3.57 Å². The predicted molar refractivity (Wildman–Crippen MR) is 59.4 cm³/mol. The largest absolute Gasteiger partial charge is 0.393 e. The standard InChI is InChI=1S/C9H13IN2O/c1-2-3-7(13)4-9-8(10)5-11-6-12-9/h5-7,13H,2-4H2,1H3. The summed E-state index contributed by atoms with van der Waals surface area (Å²) in [6.07, 6.45) is 5.49. The molecule has 0 amide bonds. The van der Waals surface area contributed by atoms with Gasteiger partial charge in [0.15, 0.2) is 0 Å². The second kappa shape index (κ2) is 5.49. The third-order valence-corrected chi connectivity index (χ3v) is 2.70. The maximum Gasteiger partial charge on any atom is 0.115 e. The van der Waals surface area contributed by atoms with Crippen molar-refractivity contribution in [3.05, 3.63) is 21.8 Å². The molecule has 1 atom stereocenters. The van der Waals surface area contributed by atoms with Crippen molar-refractivity contribution < 1.29 is 5.11 Å². The van der Waals surface area contributed by atoms with Crippen LogP contribution in [-0.4, -0.2) is 21.2 Å². The highest BCUT2D eigenvalue weighted by Crippen LogP contribution is 2.11. The van der Waals surface area contributed by atoms with Crippen molar-refractivity contribution in [1.29, 1.82) is 0 Å². The van der Waals surface area contributed by atoms with E-state index in [4.69, 9.17) is 0 Å². The minimum Gasteiger partial charge on any atom is -0.393 e. The minimum absolute atomic E-state index is 0.270. The van der Waals surface area contributed by atoms with Crippen LogP contribution in [0.3, 0.4) is 0 Å². The van der Waals surface area contributed by atoms with Crippen LogP contribution in [0.25, 0.3) is 0 Å². The maximum absolute atomic E-state index is 9.56. The predicted octanol–water partition coefficient (Wildman–Crippen LogP) is 1.78. The average molecular weight is 292 g/mol. The lowest BCUT2D eigenvalue weighted by atomic mass is 10.1. The summed E-state index contributed by atoms with van der Waals surface area (Å²) in [4.78, 5) is 8.02. The van der Waals surface area contributed by atoms with Crippen molar-refractivity contribution in [3.8, 4) is 0 Å². The van der Waals surface area contributed by atoms with Crippen LogP contribution in [0.15, 0.2) is 12.5 Å². The molecule has 1 aromatic rings. The number of nitrogens with zero attached hydrogens (tertiary/aromatic N) is 2. The highest BCUT2D eigenvalue weighted by atomic mass is 127. The van der Waals surface area contributed by atoms with Crippen LogP contribution < -0.4 is 0 Å². The Kier molecular flexibility index (Phi) is 4.58. The van der Waals surface area contributed by atoms with E-state index < -0.39 is 0 Å². The number of hydrogen-bond acceptors (Lipinski definition) is 3. The van der Waals surface area contributed by atoms with E-state index in [9.17, 15) is 5.11 Å². The zero-order valence-electron chi connectivity index (χ0n) is 7.57. The van der Waals surface area contributed by atoms with Crippen LogP contribution in [-0.2, 0) is 6.42 Å². The van der Waals surface area contributed by atoms with E-state index in [0.717, 1.165) is 22.1 Å². The number of rotatable bonds is 4. The van der Waals surface area contributed by atoms with Crippen molar-refractivity contribution in [3.63, 3.8) is 0 Å². The first-order valence-corrected chi connectivity index (χ1v) is 5.44. The Hall–Kier alpha value is -0.230. The normalized spacial score (nSPS) is 12.8. The van der Waals surface area contributed by atoms with Gasteiger partial charge in [-0.1, -0.05) is 13.3 Å². The number of aromatic nitrogens is 2. The van der Waals surface area contributed by atoms with Gasteiger partial charge in [-0.3, -0.25) is 0 Å². The molecule has 1 heterocycles. The topological polar surface area (TPSA) is 46.0 Å². The van der Waals surface area contributed by atoms with E-state index in [1.54, 1.807) is 6.20 Å². The van der Waals surface area contributed by atoms with E-state index in [1.807, 2.05) is 0 Å². The van der Waals surface area contributed by atoms with Gasteiger partial charge in [0.1, 0.15) is 6.33 Å². The third kappa shape index (κ3) is 3.56. The number of aliphatic hydroxyl groups is 1. The number of halogens is 1. The van der Waals surface area contributed by atoms with Crippen molar-refractivity contribution in [2.24, 2.45) is 0 Å². The van der Waals surface area contributed by atoms with E-state index in [1.165, 1.54) is 6.33 Å². The molecule has 72 valence electrons. The first kappa shape index (κ1) is 10.8. The first-order chi connectivity index (χ1) is 6.24. The van der Waals surface area contributed by atoms with Gasteiger partial charge < -0.3 is 5.11 Å². The van der Waals surface area contributed by atoms with Gasteiger partial charge in [0.05, 0.1) is 15.4 Å². The summed E-state index contributed by atoms with van der Waals surface area (Å²) in [5.74, 6) is 0. The van der Waals surface area contributed by atoms with Gasteiger partial charge >= 0.3 is 0 Å². The minimum atomic E-state index is -0.270. The fourth-order valence-electron chi connectivity index (χ4n) is 1.15. The van der Waals surface area contributed by atoms with Crippen LogP contribution in [0.4, 0.5) is 0 Å². The summed E-state index contributed by atoms with van der Waals surface area (Å²) in [5.41, 5.74) is 0.941. The van der Waals surface area contributed by atoms with Gasteiger partial charge in [-0.2, -0.15) is 0 Å². The SMILES string of the molecule is CCCC(O)Cc1ncncc1I. The fraction of sp³-hybridized carbons (Fsp3) is 0.556. The molecule has 0 aliphatic carbocycles. The summed E-state index contributed by atoms with van der Waals surface area (Å²) in [7, 11) is 0. The van der Waals surface area contributed by atoms with Crippen molar-refractivity contribution in [2.75, 3.05) is 0 Å². The van der Waals surface area contributed by atoms with Crippen molar-refractivity contribution in [1.82, 2.24) is 9.97 Å². The van der Waals surface area contributed by atoms with Gasteiger partial charge in [0, 0.05) is 12.6 Å². The zero-order valence-corrected chi connectivity index (χ0v) is 9.73. The molecule has 0 aromatic carbocycles. The molecule has 3 nitrogen and oxygen atoms in total. The molecule has 13 heavy (non-hydrogen) atoms. The summed E-state index contributed by atoms with van der Waals surface area (Å²) in [6, 6.07) is 0. The van der Waals surface area contributed by atoms with E-state index in [0.29, 0.717) is 6.42 Å². The Morgan fingerprint density at radius 3 is 3.00 bits per heavy atom. The van der Waals surface area contributed by atoms with Gasteiger partial charge in [-0.25, -0.2) is 9.97 Å². The molecule has 0 spiro atoms. The third-order valence-electron chi connectivity index (χ3n) is 1.79. The Morgan fingerprint density at radius 2 is 2.38 bits per heavy atom. The Labute approximate surface area is 91.8 Å². The van der Waals surface area contributed by atoms with Gasteiger partial charge in [0.2, 0.25) is 0 Å². The molecule has 0 fully saturated rings. The van der Waals surface area contributed by atoms with Crippen LogP contribution >= 0.6 is 22.6 Å². The lowest BCUT2D eigenvalue weighted by molar-refractivity contribution is 0.162. The van der Waals surface area contributed by atoms with Gasteiger partial charge in [-0.05, 0) is 29.0 Å². The van der Waals surface area contributed by atoms with Gasteiger partial charge in [0.25, 0.3) is 0 Å². The second-order valence-electron chi connectivity index (χ2n) is 2.96. The van der Waals surface area contributed by atoms with Gasteiger partial charge in [-0.15, -0.1) is 0 Å². The molecule has 0 saturated heterocycles. The molecule has 1 unspecified atom stereocenters. The molecular weight excluding hydrogens is 279 g/mol. The first-order valence-electron chi connectivity index (χ1n) is 4.36. The van der Waals surface area contributed by atoms with E-state index in [-0.39, 0.29) is 6.10 Å². The smallest absolute Gasteiger partial charge is 0.115 e. The molecule has 0 saturated carbocycles. The fourth-order valence-corrected chi connectivity index (χ4v) is 1.67. The Balaban J connectivity index is 2.58. The highest BCUT2D eigenvalue weighted by Gasteiger charge is 2.07. The zero-order chi connectivity index (χ0) is 9.68. The summed E-state index contributed by atoms with van der Waals surface area (Å²) < 4.78 is 1.02. The molecular formula is C9H13IN2O. The molecule has 4 heteroatoms. The Morgan fingerprint density at radius 1 is 1.62 bits per heavy atom. The molecule has 0 radical (unpaired) electrons. The lowest BCUT2D eigenvalue weighted by Crippen LogP contribution is -2.12. The summed E-state index contributed by atoms with van der Waals surface area (Å²) >= 11 is 2.19. The number of hydrogen-bond donors (Lipinski definition) is 1. The quantitative estimate of drug-likeness (QED) is 0.861. The molecule has 1 rings (SSSR count). The molecule has 0 bridgehead atoms. The van der Waals surface area contributed by atoms with E-state index in [2.05, 4.69) is 39.5 Å². The second-order valence-corrected chi connectivity index (χ2v) is 4.13. The lowest BCUT2D eigenvalue weighted by Gasteiger charge is -2.08. The van der Waals surface area contributed by atoms with Crippen LogP contribution in [0.5, 0.6) is 0 Å². The molecule has 1 aromatic heterocycles.